The van der Waals surface area contributed by atoms with Gasteiger partial charge in [-0.2, -0.15) is 0 Å². The fraction of sp³-hybridized carbons (Fsp3) is 0.667. The number of esters is 1. The molecule has 0 spiro atoms. The molecule has 0 radical (unpaired) electrons. The molecule has 1 fully saturated rings. The molecule has 1 aliphatic rings. The number of nitrogens with zero attached hydrogens (tertiary/aromatic N) is 3. The monoisotopic (exact) mass is 309 g/mol. The summed E-state index contributed by atoms with van der Waals surface area (Å²) in [5, 5.41) is 18.8. The van der Waals surface area contributed by atoms with Gasteiger partial charge in [0.15, 0.2) is 0 Å². The van der Waals surface area contributed by atoms with E-state index < -0.39 is 11.4 Å². The standard InChI is InChI=1S/C15H23N3O4/c1-4-22-14(21)11-5-16-12(10(2)3)17-13(11)18-6-15(7-18,8-19)9-20/h5,10,19-20H,4,6-9H2,1-3H3. The third-order valence-electron chi connectivity index (χ3n) is 3.82. The van der Waals surface area contributed by atoms with Crippen LogP contribution in [0.5, 0.6) is 0 Å². The maximum Gasteiger partial charge on any atom is 0.343 e. The van der Waals surface area contributed by atoms with E-state index in [0.29, 0.717) is 30.3 Å². The van der Waals surface area contributed by atoms with Crippen molar-refractivity contribution < 1.29 is 19.7 Å². The number of aliphatic hydroxyl groups excluding tert-OH is 2. The summed E-state index contributed by atoms with van der Waals surface area (Å²) in [5.41, 5.74) is -0.217. The highest BCUT2D eigenvalue weighted by molar-refractivity contribution is 5.94. The molecule has 1 saturated heterocycles. The molecule has 22 heavy (non-hydrogen) atoms. The van der Waals surface area contributed by atoms with Crippen molar-refractivity contribution in [2.45, 2.75) is 26.7 Å². The van der Waals surface area contributed by atoms with Crippen LogP contribution in [0.4, 0.5) is 5.82 Å². The van der Waals surface area contributed by atoms with Crippen LogP contribution in [-0.2, 0) is 4.74 Å². The van der Waals surface area contributed by atoms with E-state index in [4.69, 9.17) is 4.74 Å². The lowest BCUT2D eigenvalue weighted by Crippen LogP contribution is -2.61. The molecule has 0 atom stereocenters. The third-order valence-corrected chi connectivity index (χ3v) is 3.82. The third kappa shape index (κ3) is 3.05. The van der Waals surface area contributed by atoms with Crippen LogP contribution < -0.4 is 4.90 Å². The van der Waals surface area contributed by atoms with Crippen LogP contribution in [0.25, 0.3) is 0 Å². The topological polar surface area (TPSA) is 95.8 Å². The molecular formula is C15H23N3O4. The van der Waals surface area contributed by atoms with E-state index in [1.54, 1.807) is 6.92 Å². The van der Waals surface area contributed by atoms with Gasteiger partial charge < -0.3 is 19.8 Å². The van der Waals surface area contributed by atoms with Crippen molar-refractivity contribution in [3.8, 4) is 0 Å². The molecule has 7 heteroatoms. The lowest BCUT2D eigenvalue weighted by Gasteiger charge is -2.49. The predicted molar refractivity (Wildman–Crippen MR) is 80.9 cm³/mol. The highest BCUT2D eigenvalue weighted by atomic mass is 16.5. The Balaban J connectivity index is 2.31. The Kier molecular flexibility index (Phi) is 4.97. The van der Waals surface area contributed by atoms with E-state index in [-0.39, 0.29) is 25.7 Å². The summed E-state index contributed by atoms with van der Waals surface area (Å²) in [6, 6.07) is 0. The van der Waals surface area contributed by atoms with Gasteiger partial charge in [0, 0.05) is 25.2 Å². The summed E-state index contributed by atoms with van der Waals surface area (Å²) in [6.07, 6.45) is 1.49. The highest BCUT2D eigenvalue weighted by Crippen LogP contribution is 2.35. The van der Waals surface area contributed by atoms with Crippen molar-refractivity contribution in [3.63, 3.8) is 0 Å². The van der Waals surface area contributed by atoms with E-state index in [1.807, 2.05) is 18.7 Å². The molecule has 122 valence electrons. The lowest BCUT2D eigenvalue weighted by atomic mass is 9.81. The SMILES string of the molecule is CCOC(=O)c1cnc(C(C)C)nc1N1CC(CO)(CO)C1. The molecular weight excluding hydrogens is 286 g/mol. The van der Waals surface area contributed by atoms with E-state index in [1.165, 1.54) is 6.20 Å². The fourth-order valence-corrected chi connectivity index (χ4v) is 2.42. The maximum absolute atomic E-state index is 12.1. The molecule has 7 nitrogen and oxygen atoms in total. The molecule has 1 aromatic heterocycles. The van der Waals surface area contributed by atoms with Crippen molar-refractivity contribution in [2.24, 2.45) is 5.41 Å². The van der Waals surface area contributed by atoms with Crippen molar-refractivity contribution in [2.75, 3.05) is 37.8 Å². The summed E-state index contributed by atoms with van der Waals surface area (Å²) in [4.78, 5) is 22.6. The Morgan fingerprint density at radius 2 is 2.05 bits per heavy atom. The molecule has 2 N–H and O–H groups in total. The Bertz CT molecular complexity index is 536. The van der Waals surface area contributed by atoms with Crippen molar-refractivity contribution >= 4 is 11.8 Å². The highest BCUT2D eigenvalue weighted by Gasteiger charge is 2.44. The first-order valence-corrected chi connectivity index (χ1v) is 7.47. The average Bonchev–Trinajstić information content (AvgIpc) is 2.47. The number of carbonyl (C=O) groups excluding carboxylic acids is 1. The van der Waals surface area contributed by atoms with Gasteiger partial charge in [-0.15, -0.1) is 0 Å². The summed E-state index contributed by atoms with van der Waals surface area (Å²) >= 11 is 0. The zero-order chi connectivity index (χ0) is 16.3. The number of rotatable bonds is 6. The molecule has 0 aromatic carbocycles. The predicted octanol–water partition coefficient (Wildman–Crippen LogP) is 0.568. The summed E-state index contributed by atoms with van der Waals surface area (Å²) in [6.45, 7) is 6.67. The summed E-state index contributed by atoms with van der Waals surface area (Å²) in [5.74, 6) is 0.832. The second-order valence-electron chi connectivity index (χ2n) is 6.01. The van der Waals surface area contributed by atoms with Gasteiger partial charge in [-0.1, -0.05) is 13.8 Å². The van der Waals surface area contributed by atoms with E-state index in [9.17, 15) is 15.0 Å². The molecule has 0 bridgehead atoms. The van der Waals surface area contributed by atoms with Crippen LogP contribution in [0.3, 0.4) is 0 Å². The first kappa shape index (κ1) is 16.6. The van der Waals surface area contributed by atoms with Gasteiger partial charge in [0.25, 0.3) is 0 Å². The van der Waals surface area contributed by atoms with Gasteiger partial charge in [-0.05, 0) is 6.92 Å². The first-order valence-electron chi connectivity index (χ1n) is 7.47. The van der Waals surface area contributed by atoms with Crippen LogP contribution in [0.1, 0.15) is 42.9 Å². The van der Waals surface area contributed by atoms with Gasteiger partial charge in [0.1, 0.15) is 17.2 Å². The van der Waals surface area contributed by atoms with Crippen molar-refractivity contribution in [1.82, 2.24) is 9.97 Å². The quantitative estimate of drug-likeness (QED) is 0.742. The Morgan fingerprint density at radius 3 is 2.55 bits per heavy atom. The number of hydrogen-bond donors (Lipinski definition) is 2. The molecule has 1 aliphatic heterocycles. The molecule has 0 saturated carbocycles. The van der Waals surface area contributed by atoms with Crippen molar-refractivity contribution in [3.05, 3.63) is 17.6 Å². The minimum atomic E-state index is -0.533. The largest absolute Gasteiger partial charge is 0.462 e. The van der Waals surface area contributed by atoms with Crippen molar-refractivity contribution in [1.29, 1.82) is 0 Å². The van der Waals surface area contributed by atoms with Crippen LogP contribution in [0.2, 0.25) is 0 Å². The molecule has 0 aliphatic carbocycles. The smallest absolute Gasteiger partial charge is 0.343 e. The molecule has 0 amide bonds. The number of aliphatic hydroxyl groups is 2. The average molecular weight is 309 g/mol. The Labute approximate surface area is 130 Å². The Morgan fingerprint density at radius 1 is 1.41 bits per heavy atom. The second kappa shape index (κ2) is 6.58. The molecule has 1 aromatic rings. The summed E-state index contributed by atoms with van der Waals surface area (Å²) in [7, 11) is 0. The minimum Gasteiger partial charge on any atom is -0.462 e. The van der Waals surface area contributed by atoms with Crippen LogP contribution in [-0.4, -0.2) is 59.1 Å². The van der Waals surface area contributed by atoms with Crippen LogP contribution >= 0.6 is 0 Å². The molecule has 2 rings (SSSR count). The van der Waals surface area contributed by atoms with E-state index >= 15 is 0 Å². The van der Waals surface area contributed by atoms with Gasteiger partial charge >= 0.3 is 5.97 Å². The number of anilines is 1. The number of ether oxygens (including phenoxy) is 1. The van der Waals surface area contributed by atoms with E-state index in [0.717, 1.165) is 0 Å². The lowest BCUT2D eigenvalue weighted by molar-refractivity contribution is 0.0298. The zero-order valence-electron chi connectivity index (χ0n) is 13.2. The van der Waals surface area contributed by atoms with Gasteiger partial charge in [0.05, 0.1) is 25.2 Å². The Hall–Kier alpha value is -1.73. The number of carbonyl (C=O) groups is 1. The van der Waals surface area contributed by atoms with Crippen LogP contribution in [0.15, 0.2) is 6.20 Å². The van der Waals surface area contributed by atoms with Gasteiger partial charge in [-0.3, -0.25) is 0 Å². The van der Waals surface area contributed by atoms with Gasteiger partial charge in [0.2, 0.25) is 0 Å². The maximum atomic E-state index is 12.1. The summed E-state index contributed by atoms with van der Waals surface area (Å²) < 4.78 is 5.05. The number of hydrogen-bond acceptors (Lipinski definition) is 7. The minimum absolute atomic E-state index is 0.100. The number of aromatic nitrogens is 2. The molecule has 0 unspecified atom stereocenters. The van der Waals surface area contributed by atoms with Gasteiger partial charge in [-0.25, -0.2) is 14.8 Å². The normalized spacial score (nSPS) is 16.5. The zero-order valence-corrected chi connectivity index (χ0v) is 13.2. The second-order valence-corrected chi connectivity index (χ2v) is 6.01. The fourth-order valence-electron chi connectivity index (χ4n) is 2.42. The van der Waals surface area contributed by atoms with E-state index in [2.05, 4.69) is 9.97 Å². The molecule has 2 heterocycles. The first-order chi connectivity index (χ1) is 10.5. The van der Waals surface area contributed by atoms with Crippen LogP contribution in [0, 0.1) is 5.41 Å².